The van der Waals surface area contributed by atoms with Crippen LogP contribution in [0.15, 0.2) is 48.5 Å². The molecule has 1 fully saturated rings. The number of nitrogens with zero attached hydrogens (tertiary/aromatic N) is 4. The third-order valence-corrected chi connectivity index (χ3v) is 4.55. The van der Waals surface area contributed by atoms with Gasteiger partial charge in [0.15, 0.2) is 0 Å². The lowest BCUT2D eigenvalue weighted by molar-refractivity contribution is 0.198. The van der Waals surface area contributed by atoms with Crippen molar-refractivity contribution in [3.05, 3.63) is 59.7 Å². The average Bonchev–Trinajstić information content (AvgIpc) is 3.19. The summed E-state index contributed by atoms with van der Waals surface area (Å²) in [7, 11) is 0. The second-order valence-electron chi connectivity index (χ2n) is 6.14. The zero-order chi connectivity index (χ0) is 16.5. The summed E-state index contributed by atoms with van der Waals surface area (Å²) >= 11 is 0. The molecule has 120 valence electrons. The minimum absolute atomic E-state index is 0.301. The van der Waals surface area contributed by atoms with E-state index < -0.39 is 0 Å². The van der Waals surface area contributed by atoms with Crippen molar-refractivity contribution >= 4 is 17.0 Å². The highest BCUT2D eigenvalue weighted by molar-refractivity contribution is 5.79. The van der Waals surface area contributed by atoms with Crippen molar-refractivity contribution in [2.75, 3.05) is 18.0 Å². The molecule has 1 N–H and O–H groups in total. The van der Waals surface area contributed by atoms with Gasteiger partial charge in [-0.3, -0.25) is 0 Å². The highest BCUT2D eigenvalue weighted by Crippen LogP contribution is 2.27. The van der Waals surface area contributed by atoms with E-state index in [-0.39, 0.29) is 6.10 Å². The largest absolute Gasteiger partial charge is 0.391 e. The molecule has 2 aromatic carbocycles. The molecule has 5 nitrogen and oxygen atoms in total. The first-order valence-corrected chi connectivity index (χ1v) is 8.12. The van der Waals surface area contributed by atoms with Crippen LogP contribution in [0.1, 0.15) is 17.5 Å². The summed E-state index contributed by atoms with van der Waals surface area (Å²) in [5.74, 6) is 0.862. The number of hydrogen-bond acceptors (Lipinski definition) is 4. The minimum atomic E-state index is -0.301. The molecule has 0 aliphatic carbocycles. The standard InChI is InChI=1S/C19H18N4O/c20-11-14-5-1-2-6-15(14)12-23-18-8-4-3-7-17(18)21-19(23)22-10-9-16(24)13-22/h1-8,16,24H,9-10,12-13H2/t16-/m0/s1. The van der Waals surface area contributed by atoms with Gasteiger partial charge < -0.3 is 14.6 Å². The Morgan fingerprint density at radius 3 is 2.75 bits per heavy atom. The lowest BCUT2D eigenvalue weighted by Gasteiger charge is -2.19. The minimum Gasteiger partial charge on any atom is -0.391 e. The summed E-state index contributed by atoms with van der Waals surface area (Å²) in [6.07, 6.45) is 0.461. The molecule has 1 saturated heterocycles. The van der Waals surface area contributed by atoms with E-state index in [0.29, 0.717) is 18.7 Å². The predicted molar refractivity (Wildman–Crippen MR) is 92.8 cm³/mol. The Morgan fingerprint density at radius 1 is 1.17 bits per heavy atom. The van der Waals surface area contributed by atoms with Crippen LogP contribution >= 0.6 is 0 Å². The molecule has 0 spiro atoms. The molecule has 4 rings (SSSR count). The fraction of sp³-hybridized carbons (Fsp3) is 0.263. The van der Waals surface area contributed by atoms with Gasteiger partial charge in [0.2, 0.25) is 5.95 Å². The van der Waals surface area contributed by atoms with Crippen LogP contribution in [0, 0.1) is 11.3 Å². The van der Waals surface area contributed by atoms with Crippen LogP contribution in [0.3, 0.4) is 0 Å². The molecule has 0 saturated carbocycles. The number of rotatable bonds is 3. The average molecular weight is 318 g/mol. The Bertz CT molecular complexity index is 925. The van der Waals surface area contributed by atoms with Crippen molar-refractivity contribution in [1.29, 1.82) is 5.26 Å². The molecule has 24 heavy (non-hydrogen) atoms. The van der Waals surface area contributed by atoms with Crippen molar-refractivity contribution in [3.8, 4) is 6.07 Å². The Morgan fingerprint density at radius 2 is 1.96 bits per heavy atom. The summed E-state index contributed by atoms with van der Waals surface area (Å²) in [5.41, 5.74) is 3.64. The molecule has 0 radical (unpaired) electrons. The fourth-order valence-corrected chi connectivity index (χ4v) is 3.32. The number of β-amino-alcohol motifs (C(OH)–C–C–N with tert-alkyl or cyclic N) is 1. The normalized spacial score (nSPS) is 17.3. The molecule has 1 aliphatic heterocycles. The van der Waals surface area contributed by atoms with Gasteiger partial charge in [0.05, 0.1) is 35.3 Å². The number of aromatic nitrogens is 2. The second-order valence-corrected chi connectivity index (χ2v) is 6.14. The lowest BCUT2D eigenvalue weighted by atomic mass is 10.1. The topological polar surface area (TPSA) is 65.1 Å². The first-order chi connectivity index (χ1) is 11.8. The molecule has 2 heterocycles. The summed E-state index contributed by atoms with van der Waals surface area (Å²) in [6, 6.07) is 17.9. The first-order valence-electron chi connectivity index (χ1n) is 8.12. The van der Waals surface area contributed by atoms with Gasteiger partial charge in [-0.25, -0.2) is 4.98 Å². The zero-order valence-corrected chi connectivity index (χ0v) is 13.3. The van der Waals surface area contributed by atoms with Crippen LogP contribution < -0.4 is 4.90 Å². The Hall–Kier alpha value is -2.84. The van der Waals surface area contributed by atoms with Crippen LogP contribution in [0.25, 0.3) is 11.0 Å². The molecule has 0 amide bonds. The van der Waals surface area contributed by atoms with E-state index in [0.717, 1.165) is 35.5 Å². The number of aliphatic hydroxyl groups is 1. The van der Waals surface area contributed by atoms with Gasteiger partial charge in [0.1, 0.15) is 0 Å². The maximum Gasteiger partial charge on any atom is 0.206 e. The smallest absolute Gasteiger partial charge is 0.206 e. The van der Waals surface area contributed by atoms with E-state index in [2.05, 4.69) is 15.5 Å². The summed E-state index contributed by atoms with van der Waals surface area (Å²) in [6.45, 7) is 1.99. The van der Waals surface area contributed by atoms with Gasteiger partial charge in [-0.15, -0.1) is 0 Å². The van der Waals surface area contributed by atoms with Gasteiger partial charge in [0, 0.05) is 13.1 Å². The molecule has 1 atom stereocenters. The molecular weight excluding hydrogens is 300 g/mol. The van der Waals surface area contributed by atoms with E-state index in [1.165, 1.54) is 0 Å². The molecule has 0 bridgehead atoms. The van der Waals surface area contributed by atoms with E-state index in [1.54, 1.807) is 0 Å². The van der Waals surface area contributed by atoms with Crippen LogP contribution in [0.5, 0.6) is 0 Å². The monoisotopic (exact) mass is 318 g/mol. The van der Waals surface area contributed by atoms with Gasteiger partial charge in [-0.2, -0.15) is 5.26 Å². The number of benzene rings is 2. The Labute approximate surface area is 140 Å². The number of hydrogen-bond donors (Lipinski definition) is 1. The third kappa shape index (κ3) is 2.51. The second kappa shape index (κ2) is 5.99. The van der Waals surface area contributed by atoms with Crippen LogP contribution in [0.4, 0.5) is 5.95 Å². The molecular formula is C19H18N4O. The van der Waals surface area contributed by atoms with Gasteiger partial charge in [-0.05, 0) is 30.2 Å². The van der Waals surface area contributed by atoms with Crippen molar-refractivity contribution in [3.63, 3.8) is 0 Å². The highest BCUT2D eigenvalue weighted by atomic mass is 16.3. The lowest BCUT2D eigenvalue weighted by Crippen LogP contribution is -2.25. The molecule has 5 heteroatoms. The fourth-order valence-electron chi connectivity index (χ4n) is 3.32. The summed E-state index contributed by atoms with van der Waals surface area (Å²) in [5, 5.41) is 19.2. The number of fused-ring (bicyclic) bond motifs is 1. The molecule has 1 aromatic heterocycles. The van der Waals surface area contributed by atoms with Crippen LogP contribution in [-0.4, -0.2) is 33.9 Å². The number of imidazole rings is 1. The number of aliphatic hydroxyl groups excluding tert-OH is 1. The van der Waals surface area contributed by atoms with E-state index >= 15 is 0 Å². The van der Waals surface area contributed by atoms with E-state index in [1.807, 2.05) is 48.5 Å². The van der Waals surface area contributed by atoms with Gasteiger partial charge >= 0.3 is 0 Å². The molecule has 1 aliphatic rings. The van der Waals surface area contributed by atoms with Crippen molar-refractivity contribution in [1.82, 2.24) is 9.55 Å². The summed E-state index contributed by atoms with van der Waals surface area (Å²) < 4.78 is 2.14. The van der Waals surface area contributed by atoms with E-state index in [4.69, 9.17) is 4.98 Å². The van der Waals surface area contributed by atoms with E-state index in [9.17, 15) is 10.4 Å². The zero-order valence-electron chi connectivity index (χ0n) is 13.3. The molecule has 0 unspecified atom stereocenters. The predicted octanol–water partition coefficient (Wildman–Crippen LogP) is 2.53. The van der Waals surface area contributed by atoms with Crippen molar-refractivity contribution in [2.45, 2.75) is 19.1 Å². The maximum absolute atomic E-state index is 9.88. The van der Waals surface area contributed by atoms with Gasteiger partial charge in [0.25, 0.3) is 0 Å². The SMILES string of the molecule is N#Cc1ccccc1Cn1c(N2CC[C@H](O)C2)nc2ccccc21. The maximum atomic E-state index is 9.88. The van der Waals surface area contributed by atoms with Crippen molar-refractivity contribution < 1.29 is 5.11 Å². The molecule has 3 aromatic rings. The Balaban J connectivity index is 1.82. The van der Waals surface area contributed by atoms with Crippen LogP contribution in [-0.2, 0) is 6.54 Å². The highest BCUT2D eigenvalue weighted by Gasteiger charge is 2.25. The first kappa shape index (κ1) is 14.7. The third-order valence-electron chi connectivity index (χ3n) is 4.55. The Kier molecular flexibility index (Phi) is 3.68. The van der Waals surface area contributed by atoms with Crippen molar-refractivity contribution in [2.24, 2.45) is 0 Å². The van der Waals surface area contributed by atoms with Crippen LogP contribution in [0.2, 0.25) is 0 Å². The number of anilines is 1. The van der Waals surface area contributed by atoms with Gasteiger partial charge in [-0.1, -0.05) is 30.3 Å². The number of para-hydroxylation sites is 2. The quantitative estimate of drug-likeness (QED) is 0.806. The number of nitriles is 1. The summed E-state index contributed by atoms with van der Waals surface area (Å²) in [4.78, 5) is 6.90.